The average Bonchev–Trinajstić information content (AvgIpc) is 2.95. The maximum Gasteiger partial charge on any atom is 0.206 e. The summed E-state index contributed by atoms with van der Waals surface area (Å²) < 4.78 is 1.76. The van der Waals surface area contributed by atoms with E-state index in [0.717, 1.165) is 5.56 Å². The minimum atomic E-state index is 0.550. The molecule has 6 heteroatoms. The van der Waals surface area contributed by atoms with Crippen LogP contribution in [0.15, 0.2) is 17.4 Å². The van der Waals surface area contributed by atoms with Gasteiger partial charge in [0.1, 0.15) is 0 Å². The van der Waals surface area contributed by atoms with Gasteiger partial charge in [0.05, 0.1) is 12.7 Å². The molecule has 1 aromatic heterocycles. The lowest BCUT2D eigenvalue weighted by Crippen LogP contribution is -2.42. The van der Waals surface area contributed by atoms with Crippen molar-refractivity contribution in [1.29, 1.82) is 0 Å². The Balaban J connectivity index is 1.89. The van der Waals surface area contributed by atoms with Gasteiger partial charge in [-0.3, -0.25) is 10.1 Å². The Morgan fingerprint density at radius 3 is 3.07 bits per heavy atom. The van der Waals surface area contributed by atoms with Gasteiger partial charge in [0.15, 0.2) is 0 Å². The number of aliphatic imine (C=N–C) groups is 1. The predicted molar refractivity (Wildman–Crippen MR) is 57.8 cm³/mol. The second-order valence-electron chi connectivity index (χ2n) is 3.75. The molecule has 0 aromatic carbocycles. The van der Waals surface area contributed by atoms with E-state index in [1.165, 1.54) is 12.8 Å². The van der Waals surface area contributed by atoms with E-state index in [1.54, 1.807) is 10.9 Å². The zero-order valence-electron chi connectivity index (χ0n) is 8.77. The van der Waals surface area contributed by atoms with Crippen LogP contribution >= 0.6 is 0 Å². The Kier molecular flexibility index (Phi) is 2.86. The summed E-state index contributed by atoms with van der Waals surface area (Å²) in [6, 6.07) is 0.550. The Hall–Kier alpha value is -1.56. The van der Waals surface area contributed by atoms with Gasteiger partial charge in [-0.25, -0.2) is 10.8 Å². The number of rotatable bonds is 3. The van der Waals surface area contributed by atoms with Crippen LogP contribution in [0.4, 0.5) is 0 Å². The molecule has 0 amide bonds. The summed E-state index contributed by atoms with van der Waals surface area (Å²) in [7, 11) is 1.89. The lowest BCUT2D eigenvalue weighted by Gasteiger charge is -2.06. The first kappa shape index (κ1) is 9.97. The Morgan fingerprint density at radius 2 is 2.53 bits per heavy atom. The van der Waals surface area contributed by atoms with E-state index in [-0.39, 0.29) is 0 Å². The van der Waals surface area contributed by atoms with Crippen LogP contribution in [0.1, 0.15) is 18.4 Å². The highest BCUT2D eigenvalue weighted by Gasteiger charge is 2.21. The molecule has 1 aliphatic carbocycles. The normalized spacial score (nSPS) is 16.5. The van der Waals surface area contributed by atoms with Crippen LogP contribution in [0.5, 0.6) is 0 Å². The molecule has 0 saturated heterocycles. The molecule has 0 spiro atoms. The summed E-state index contributed by atoms with van der Waals surface area (Å²) >= 11 is 0. The number of guanidine groups is 1. The lowest BCUT2D eigenvalue weighted by molar-refractivity contribution is 0.766. The summed E-state index contributed by atoms with van der Waals surface area (Å²) in [6.07, 6.45) is 6.14. The predicted octanol–water partition coefficient (Wildman–Crippen LogP) is -0.509. The largest absolute Gasteiger partial charge is 0.353 e. The van der Waals surface area contributed by atoms with E-state index in [1.807, 2.05) is 13.2 Å². The molecule has 82 valence electrons. The summed E-state index contributed by atoms with van der Waals surface area (Å²) in [5.74, 6) is 6.01. The van der Waals surface area contributed by atoms with E-state index >= 15 is 0 Å². The number of aryl methyl sites for hydroxylation is 1. The number of hydrazine groups is 1. The third kappa shape index (κ3) is 2.95. The van der Waals surface area contributed by atoms with Gasteiger partial charge in [0.2, 0.25) is 5.96 Å². The van der Waals surface area contributed by atoms with E-state index in [4.69, 9.17) is 5.84 Å². The first-order valence-corrected chi connectivity index (χ1v) is 5.03. The maximum absolute atomic E-state index is 5.35. The highest BCUT2D eigenvalue weighted by atomic mass is 15.3. The van der Waals surface area contributed by atoms with Gasteiger partial charge in [-0.05, 0) is 12.8 Å². The molecule has 0 atom stereocenters. The van der Waals surface area contributed by atoms with Crippen molar-refractivity contribution in [3.63, 3.8) is 0 Å². The lowest BCUT2D eigenvalue weighted by atomic mass is 10.4. The van der Waals surface area contributed by atoms with Crippen molar-refractivity contribution >= 4 is 5.96 Å². The van der Waals surface area contributed by atoms with E-state index in [2.05, 4.69) is 20.8 Å². The van der Waals surface area contributed by atoms with Gasteiger partial charge in [0, 0.05) is 24.8 Å². The molecule has 0 unspecified atom stereocenters. The molecule has 0 aliphatic heterocycles. The first-order valence-electron chi connectivity index (χ1n) is 5.03. The highest BCUT2D eigenvalue weighted by Crippen LogP contribution is 2.18. The SMILES string of the molecule is Cn1cc(CN=C(NN)NC2CC2)cn1. The van der Waals surface area contributed by atoms with E-state index in [0.29, 0.717) is 18.5 Å². The molecular formula is C9H16N6. The fourth-order valence-corrected chi connectivity index (χ4v) is 1.28. The third-order valence-corrected chi connectivity index (χ3v) is 2.23. The maximum atomic E-state index is 5.35. The van der Waals surface area contributed by atoms with Gasteiger partial charge in [-0.1, -0.05) is 0 Å². The molecule has 1 aromatic rings. The van der Waals surface area contributed by atoms with Crippen molar-refractivity contribution in [3.8, 4) is 0 Å². The molecule has 1 saturated carbocycles. The van der Waals surface area contributed by atoms with Crippen LogP contribution in [-0.2, 0) is 13.6 Å². The molecule has 2 rings (SSSR count). The van der Waals surface area contributed by atoms with Gasteiger partial charge in [-0.15, -0.1) is 0 Å². The summed E-state index contributed by atoms with van der Waals surface area (Å²) in [6.45, 7) is 0.590. The minimum Gasteiger partial charge on any atom is -0.353 e. The number of aromatic nitrogens is 2. The van der Waals surface area contributed by atoms with E-state index in [9.17, 15) is 0 Å². The van der Waals surface area contributed by atoms with Gasteiger partial charge in [-0.2, -0.15) is 5.10 Å². The van der Waals surface area contributed by atoms with Crippen molar-refractivity contribution in [2.45, 2.75) is 25.4 Å². The number of hydrogen-bond donors (Lipinski definition) is 3. The fraction of sp³-hybridized carbons (Fsp3) is 0.556. The standard InChI is InChI=1S/C9H16N6/c1-15-6-7(5-12-15)4-11-9(14-10)13-8-2-3-8/h5-6,8H,2-4,10H2,1H3,(H2,11,13,14). The third-order valence-electron chi connectivity index (χ3n) is 2.23. The van der Waals surface area contributed by atoms with Crippen molar-refractivity contribution in [3.05, 3.63) is 18.0 Å². The van der Waals surface area contributed by atoms with Crippen molar-refractivity contribution in [2.24, 2.45) is 17.9 Å². The number of nitrogens with one attached hydrogen (secondary N) is 2. The van der Waals surface area contributed by atoms with Crippen molar-refractivity contribution < 1.29 is 0 Å². The highest BCUT2D eigenvalue weighted by molar-refractivity contribution is 5.79. The van der Waals surface area contributed by atoms with Crippen LogP contribution in [0.2, 0.25) is 0 Å². The fourth-order valence-electron chi connectivity index (χ4n) is 1.28. The van der Waals surface area contributed by atoms with Crippen molar-refractivity contribution in [2.75, 3.05) is 0 Å². The molecule has 15 heavy (non-hydrogen) atoms. The monoisotopic (exact) mass is 208 g/mol. The van der Waals surface area contributed by atoms with Crippen LogP contribution in [-0.4, -0.2) is 21.8 Å². The number of nitrogens with two attached hydrogens (primary N) is 1. The summed E-state index contributed by atoms with van der Waals surface area (Å²) in [4.78, 5) is 4.32. The topological polar surface area (TPSA) is 80.3 Å². The van der Waals surface area contributed by atoms with Crippen LogP contribution in [0, 0.1) is 0 Å². The van der Waals surface area contributed by atoms with Crippen LogP contribution in [0.3, 0.4) is 0 Å². The van der Waals surface area contributed by atoms with Crippen LogP contribution < -0.4 is 16.6 Å². The molecule has 1 fully saturated rings. The van der Waals surface area contributed by atoms with Gasteiger partial charge in [0.25, 0.3) is 0 Å². The summed E-state index contributed by atoms with van der Waals surface area (Å²) in [5.41, 5.74) is 3.63. The molecular weight excluding hydrogens is 192 g/mol. The zero-order chi connectivity index (χ0) is 10.7. The number of hydrogen-bond acceptors (Lipinski definition) is 3. The molecule has 0 radical (unpaired) electrons. The second-order valence-corrected chi connectivity index (χ2v) is 3.75. The van der Waals surface area contributed by atoms with Crippen LogP contribution in [0.25, 0.3) is 0 Å². The van der Waals surface area contributed by atoms with Gasteiger partial charge >= 0.3 is 0 Å². The second kappa shape index (κ2) is 4.31. The molecule has 6 nitrogen and oxygen atoms in total. The Bertz CT molecular complexity index is 351. The van der Waals surface area contributed by atoms with Crippen molar-refractivity contribution in [1.82, 2.24) is 20.5 Å². The molecule has 1 heterocycles. The zero-order valence-corrected chi connectivity index (χ0v) is 8.77. The van der Waals surface area contributed by atoms with Gasteiger partial charge < -0.3 is 5.32 Å². The summed E-state index contributed by atoms with van der Waals surface area (Å²) in [5, 5.41) is 7.27. The first-order chi connectivity index (χ1) is 7.28. The Morgan fingerprint density at radius 1 is 1.73 bits per heavy atom. The molecule has 1 aliphatic rings. The number of nitrogens with zero attached hydrogens (tertiary/aromatic N) is 3. The quantitative estimate of drug-likeness (QED) is 0.270. The molecule has 0 bridgehead atoms. The smallest absolute Gasteiger partial charge is 0.206 e. The molecule has 4 N–H and O–H groups in total. The van der Waals surface area contributed by atoms with E-state index < -0.39 is 0 Å². The minimum absolute atomic E-state index is 0.550. The average molecular weight is 208 g/mol. The Labute approximate surface area is 88.5 Å².